The van der Waals surface area contributed by atoms with Gasteiger partial charge in [0, 0.05) is 6.54 Å². The molecule has 3 rings (SSSR count). The third-order valence-electron chi connectivity index (χ3n) is 3.98. The molecule has 144 valence electrons. The predicted octanol–water partition coefficient (Wildman–Crippen LogP) is 3.73. The third kappa shape index (κ3) is 5.03. The topological polar surface area (TPSA) is 76.1 Å². The molecular weight excluding hydrogens is 359 g/mol. The highest BCUT2D eigenvalue weighted by Gasteiger charge is 2.10. The van der Waals surface area contributed by atoms with Crippen LogP contribution in [0.5, 0.6) is 5.75 Å². The smallest absolute Gasteiger partial charge is 0.271 e. The highest BCUT2D eigenvalue weighted by Crippen LogP contribution is 2.26. The van der Waals surface area contributed by atoms with Gasteiger partial charge in [0.15, 0.2) is 11.5 Å². The number of carbonyl (C=O) groups excluding carboxylic acids is 1. The van der Waals surface area contributed by atoms with Gasteiger partial charge in [0.2, 0.25) is 0 Å². The van der Waals surface area contributed by atoms with E-state index < -0.39 is 0 Å². The summed E-state index contributed by atoms with van der Waals surface area (Å²) in [5, 5.41) is 13.8. The number of amides is 1. The summed E-state index contributed by atoms with van der Waals surface area (Å²) in [6.07, 6.45) is 0.402. The molecule has 0 unspecified atom stereocenters. The molecule has 2 N–H and O–H groups in total. The molecule has 1 aromatic heterocycles. The zero-order valence-electron chi connectivity index (χ0n) is 15.5. The van der Waals surface area contributed by atoms with Gasteiger partial charge >= 0.3 is 0 Å². The maximum Gasteiger partial charge on any atom is 0.271 e. The molecule has 1 heterocycles. The molecule has 7 heteroatoms. The average Bonchev–Trinajstić information content (AvgIpc) is 2.71. The third-order valence-corrected chi connectivity index (χ3v) is 3.98. The molecule has 0 saturated heterocycles. The van der Waals surface area contributed by atoms with Crippen LogP contribution in [0, 0.1) is 5.82 Å². The Balaban J connectivity index is 1.56. The first-order chi connectivity index (χ1) is 13.7. The van der Waals surface area contributed by atoms with Crippen molar-refractivity contribution in [2.24, 2.45) is 0 Å². The summed E-state index contributed by atoms with van der Waals surface area (Å²) < 4.78 is 19.1. The van der Waals surface area contributed by atoms with E-state index in [0.29, 0.717) is 36.7 Å². The summed E-state index contributed by atoms with van der Waals surface area (Å²) in [5.41, 5.74) is 1.51. The highest BCUT2D eigenvalue weighted by molar-refractivity contribution is 5.92. The largest absolute Gasteiger partial charge is 0.492 e. The lowest BCUT2D eigenvalue weighted by atomic mass is 10.1. The van der Waals surface area contributed by atoms with Gasteiger partial charge in [0.1, 0.15) is 11.6 Å². The van der Waals surface area contributed by atoms with Gasteiger partial charge in [-0.25, -0.2) is 4.39 Å². The van der Waals surface area contributed by atoms with Crippen molar-refractivity contribution in [1.82, 2.24) is 15.5 Å². The Hall–Kier alpha value is -3.48. The van der Waals surface area contributed by atoms with E-state index in [9.17, 15) is 9.18 Å². The van der Waals surface area contributed by atoms with Crippen molar-refractivity contribution in [3.05, 3.63) is 77.7 Å². The number of nitrogens with one attached hydrogen (secondary N) is 2. The van der Waals surface area contributed by atoms with Gasteiger partial charge in [-0.1, -0.05) is 30.3 Å². The van der Waals surface area contributed by atoms with Crippen molar-refractivity contribution in [2.45, 2.75) is 13.3 Å². The van der Waals surface area contributed by atoms with Gasteiger partial charge in [0.05, 0.1) is 12.3 Å². The summed E-state index contributed by atoms with van der Waals surface area (Å²) in [6.45, 7) is 2.77. The minimum absolute atomic E-state index is 0.192. The fourth-order valence-electron chi connectivity index (χ4n) is 2.61. The van der Waals surface area contributed by atoms with Gasteiger partial charge in [-0.15, -0.1) is 10.2 Å². The Morgan fingerprint density at radius 2 is 1.82 bits per heavy atom. The van der Waals surface area contributed by atoms with E-state index in [0.717, 1.165) is 5.69 Å². The lowest BCUT2D eigenvalue weighted by molar-refractivity contribution is 0.0948. The Morgan fingerprint density at radius 3 is 2.57 bits per heavy atom. The summed E-state index contributed by atoms with van der Waals surface area (Å²) in [5.74, 6) is 0.571. The molecule has 3 aromatic rings. The first-order valence-corrected chi connectivity index (χ1v) is 9.01. The highest BCUT2D eigenvalue weighted by atomic mass is 19.1. The number of hydrogen-bond acceptors (Lipinski definition) is 5. The van der Waals surface area contributed by atoms with Crippen molar-refractivity contribution < 1.29 is 13.9 Å². The number of halogens is 1. The number of ether oxygens (including phenoxy) is 1. The molecule has 0 radical (unpaired) electrons. The van der Waals surface area contributed by atoms with E-state index in [1.807, 2.05) is 31.2 Å². The number of aromatic nitrogens is 2. The molecule has 0 bridgehead atoms. The van der Waals surface area contributed by atoms with Gasteiger partial charge in [-0.2, -0.15) is 0 Å². The lowest BCUT2D eigenvalue weighted by Gasteiger charge is -2.11. The van der Waals surface area contributed by atoms with Crippen LogP contribution in [0.15, 0.2) is 60.7 Å². The van der Waals surface area contributed by atoms with Crippen molar-refractivity contribution in [3.8, 4) is 5.75 Å². The molecule has 0 spiro atoms. The number of hydrogen-bond donors (Lipinski definition) is 2. The molecule has 0 aliphatic rings. The predicted molar refractivity (Wildman–Crippen MR) is 105 cm³/mol. The maximum absolute atomic E-state index is 13.6. The van der Waals surface area contributed by atoms with Crippen molar-refractivity contribution in [1.29, 1.82) is 0 Å². The molecule has 0 saturated carbocycles. The molecule has 0 aliphatic heterocycles. The standard InChI is InChI=1S/C21H21FN4O2/c1-2-28-19-10-6-5-9-17(19)24-20-12-11-18(25-26-20)21(27)23-14-13-15-7-3-4-8-16(15)22/h3-12H,2,13-14H2,1H3,(H,23,27)(H,24,26). The Morgan fingerprint density at radius 1 is 1.04 bits per heavy atom. The SMILES string of the molecule is CCOc1ccccc1Nc1ccc(C(=O)NCCc2ccccc2F)nn1. The second-order valence-corrected chi connectivity index (χ2v) is 5.96. The molecule has 2 aromatic carbocycles. The van der Waals surface area contributed by atoms with Gasteiger partial charge in [0.25, 0.3) is 5.91 Å². The second kappa shape index (κ2) is 9.45. The Bertz CT molecular complexity index is 932. The van der Waals surface area contributed by atoms with E-state index >= 15 is 0 Å². The summed E-state index contributed by atoms with van der Waals surface area (Å²) >= 11 is 0. The second-order valence-electron chi connectivity index (χ2n) is 5.96. The quantitative estimate of drug-likeness (QED) is 0.623. The van der Waals surface area contributed by atoms with Crippen molar-refractivity contribution in [2.75, 3.05) is 18.5 Å². The number of anilines is 2. The lowest BCUT2D eigenvalue weighted by Crippen LogP contribution is -2.27. The maximum atomic E-state index is 13.6. The van der Waals surface area contributed by atoms with Gasteiger partial charge < -0.3 is 15.4 Å². The summed E-state index contributed by atoms with van der Waals surface area (Å²) in [4.78, 5) is 12.2. The normalized spacial score (nSPS) is 10.4. The van der Waals surface area contributed by atoms with Gasteiger partial charge in [-0.3, -0.25) is 4.79 Å². The Labute approximate surface area is 162 Å². The fourth-order valence-corrected chi connectivity index (χ4v) is 2.61. The average molecular weight is 380 g/mol. The molecule has 0 fully saturated rings. The van der Waals surface area contributed by atoms with Crippen LogP contribution in [-0.4, -0.2) is 29.3 Å². The first kappa shape index (κ1) is 19.3. The summed E-state index contributed by atoms with van der Waals surface area (Å²) in [7, 11) is 0. The molecule has 0 atom stereocenters. The van der Waals surface area contributed by atoms with E-state index in [-0.39, 0.29) is 17.4 Å². The number of para-hydroxylation sites is 2. The number of carbonyl (C=O) groups is 1. The van der Waals surface area contributed by atoms with Crippen LogP contribution < -0.4 is 15.4 Å². The summed E-state index contributed by atoms with van der Waals surface area (Å²) in [6, 6.07) is 17.2. The van der Waals surface area contributed by atoms with Crippen molar-refractivity contribution in [3.63, 3.8) is 0 Å². The number of rotatable bonds is 8. The van der Waals surface area contributed by atoms with Crippen LogP contribution in [-0.2, 0) is 6.42 Å². The van der Waals surface area contributed by atoms with Gasteiger partial charge in [-0.05, 0) is 49.2 Å². The van der Waals surface area contributed by atoms with Crippen LogP contribution in [0.3, 0.4) is 0 Å². The van der Waals surface area contributed by atoms with E-state index in [1.165, 1.54) is 6.07 Å². The monoisotopic (exact) mass is 380 g/mol. The molecule has 0 aliphatic carbocycles. The fraction of sp³-hybridized carbons (Fsp3) is 0.190. The molecular formula is C21H21FN4O2. The van der Waals surface area contributed by atoms with Crippen LogP contribution in [0.2, 0.25) is 0 Å². The Kier molecular flexibility index (Phi) is 6.51. The number of benzene rings is 2. The van der Waals surface area contributed by atoms with Crippen LogP contribution in [0.4, 0.5) is 15.9 Å². The van der Waals surface area contributed by atoms with E-state index in [4.69, 9.17) is 4.74 Å². The van der Waals surface area contributed by atoms with Crippen LogP contribution >= 0.6 is 0 Å². The van der Waals surface area contributed by atoms with E-state index in [2.05, 4.69) is 20.8 Å². The molecule has 28 heavy (non-hydrogen) atoms. The number of nitrogens with zero attached hydrogens (tertiary/aromatic N) is 2. The van der Waals surface area contributed by atoms with Crippen LogP contribution in [0.25, 0.3) is 0 Å². The molecule has 6 nitrogen and oxygen atoms in total. The zero-order chi connectivity index (χ0) is 19.8. The molecule has 1 amide bonds. The minimum Gasteiger partial charge on any atom is -0.492 e. The first-order valence-electron chi connectivity index (χ1n) is 9.01. The minimum atomic E-state index is -0.356. The van der Waals surface area contributed by atoms with Crippen molar-refractivity contribution >= 4 is 17.4 Å². The zero-order valence-corrected chi connectivity index (χ0v) is 15.5. The van der Waals surface area contributed by atoms with Crippen LogP contribution in [0.1, 0.15) is 23.0 Å². The van der Waals surface area contributed by atoms with E-state index in [1.54, 1.807) is 30.3 Å².